The van der Waals surface area contributed by atoms with Gasteiger partial charge in [0.1, 0.15) is 11.6 Å². The van der Waals surface area contributed by atoms with Gasteiger partial charge in [-0.2, -0.15) is 0 Å². The maximum atomic E-state index is 13.1. The minimum atomic E-state index is -0.310. The van der Waals surface area contributed by atoms with E-state index in [-0.39, 0.29) is 5.82 Å². The Morgan fingerprint density at radius 1 is 0.900 bits per heavy atom. The summed E-state index contributed by atoms with van der Waals surface area (Å²) in [6.07, 6.45) is 0. The molecule has 4 nitrogen and oxygen atoms in total. The molecule has 0 amide bonds. The molecule has 0 atom stereocenters. The molecule has 0 radical (unpaired) electrons. The number of methoxy groups -OCH3 is 2. The largest absolute Gasteiger partial charge is 0.493 e. The zero-order chi connectivity index (χ0) is 14.7. The average molecular weight is 277 g/mol. The van der Waals surface area contributed by atoms with Gasteiger partial charge >= 0.3 is 0 Å². The van der Waals surface area contributed by atoms with E-state index in [9.17, 15) is 4.39 Å². The van der Waals surface area contributed by atoms with Crippen molar-refractivity contribution >= 4 is 5.69 Å². The van der Waals surface area contributed by atoms with Crippen molar-refractivity contribution in [2.75, 3.05) is 20.0 Å². The Balaban J connectivity index is 2.38. The second-order valence-corrected chi connectivity index (χ2v) is 4.26. The van der Waals surface area contributed by atoms with Crippen LogP contribution in [0, 0.1) is 12.7 Å². The molecule has 0 aliphatic heterocycles. The van der Waals surface area contributed by atoms with Gasteiger partial charge in [-0.15, -0.1) is 0 Å². The molecule has 0 aromatic heterocycles. The molecule has 0 saturated carbocycles. The molecule has 20 heavy (non-hydrogen) atoms. The van der Waals surface area contributed by atoms with Gasteiger partial charge in [0.15, 0.2) is 17.2 Å². The third-order valence-electron chi connectivity index (χ3n) is 2.87. The van der Waals surface area contributed by atoms with Crippen LogP contribution in [0.5, 0.6) is 23.0 Å². The molecular formula is C15H16FNO3. The third kappa shape index (κ3) is 2.77. The van der Waals surface area contributed by atoms with Gasteiger partial charge in [0.05, 0.1) is 19.9 Å². The summed E-state index contributed by atoms with van der Waals surface area (Å²) >= 11 is 0. The first kappa shape index (κ1) is 14.0. The summed E-state index contributed by atoms with van der Waals surface area (Å²) in [5, 5.41) is 0. The Bertz CT molecular complexity index is 629. The molecule has 106 valence electrons. The van der Waals surface area contributed by atoms with Crippen LogP contribution in [0.1, 0.15) is 5.56 Å². The van der Waals surface area contributed by atoms with E-state index >= 15 is 0 Å². The Kier molecular flexibility index (Phi) is 3.98. The average Bonchev–Trinajstić information content (AvgIpc) is 2.43. The molecule has 0 aliphatic carbocycles. The van der Waals surface area contributed by atoms with Crippen molar-refractivity contribution in [3.63, 3.8) is 0 Å². The number of nitrogens with two attached hydrogens (primary N) is 1. The van der Waals surface area contributed by atoms with Crippen LogP contribution in [-0.2, 0) is 0 Å². The van der Waals surface area contributed by atoms with Crippen LogP contribution >= 0.6 is 0 Å². The van der Waals surface area contributed by atoms with Gasteiger partial charge in [-0.1, -0.05) is 0 Å². The molecule has 0 saturated heterocycles. The lowest BCUT2D eigenvalue weighted by Crippen LogP contribution is -1.97. The zero-order valence-corrected chi connectivity index (χ0v) is 11.6. The second-order valence-electron chi connectivity index (χ2n) is 4.26. The summed E-state index contributed by atoms with van der Waals surface area (Å²) in [6, 6.07) is 7.54. The molecule has 2 rings (SSSR count). The number of anilines is 1. The van der Waals surface area contributed by atoms with Crippen molar-refractivity contribution in [2.24, 2.45) is 0 Å². The van der Waals surface area contributed by atoms with E-state index in [1.807, 2.05) is 0 Å². The van der Waals surface area contributed by atoms with Crippen LogP contribution in [0.3, 0.4) is 0 Å². The highest BCUT2D eigenvalue weighted by Crippen LogP contribution is 2.38. The summed E-state index contributed by atoms with van der Waals surface area (Å²) in [4.78, 5) is 0. The SMILES string of the molecule is COc1cc(N)c(Oc2ccc(F)cc2C)cc1OC. The molecule has 0 aliphatic rings. The normalized spacial score (nSPS) is 10.2. The number of nitrogen functional groups attached to an aromatic ring is 1. The minimum absolute atomic E-state index is 0.310. The monoisotopic (exact) mass is 277 g/mol. The highest BCUT2D eigenvalue weighted by atomic mass is 19.1. The first-order valence-electron chi connectivity index (χ1n) is 6.00. The lowest BCUT2D eigenvalue weighted by Gasteiger charge is -2.14. The molecule has 5 heteroatoms. The third-order valence-corrected chi connectivity index (χ3v) is 2.87. The van der Waals surface area contributed by atoms with Gasteiger partial charge in [-0.25, -0.2) is 4.39 Å². The smallest absolute Gasteiger partial charge is 0.164 e. The molecule has 0 bridgehead atoms. The van der Waals surface area contributed by atoms with Gasteiger partial charge < -0.3 is 19.9 Å². The molecule has 2 aromatic carbocycles. The zero-order valence-electron chi connectivity index (χ0n) is 11.6. The molecule has 0 fully saturated rings. The lowest BCUT2D eigenvalue weighted by molar-refractivity contribution is 0.352. The van der Waals surface area contributed by atoms with E-state index in [2.05, 4.69) is 0 Å². The highest BCUT2D eigenvalue weighted by Gasteiger charge is 2.12. The fourth-order valence-electron chi connectivity index (χ4n) is 1.81. The molecular weight excluding hydrogens is 261 g/mol. The first-order valence-corrected chi connectivity index (χ1v) is 6.00. The van der Waals surface area contributed by atoms with Gasteiger partial charge in [-0.05, 0) is 30.7 Å². The number of halogens is 1. The topological polar surface area (TPSA) is 53.7 Å². The second kappa shape index (κ2) is 5.69. The van der Waals surface area contributed by atoms with Crippen LogP contribution < -0.4 is 19.9 Å². The Hall–Kier alpha value is -2.43. The van der Waals surface area contributed by atoms with E-state index in [0.717, 1.165) is 0 Å². The molecule has 2 N–H and O–H groups in total. The van der Waals surface area contributed by atoms with E-state index in [1.165, 1.54) is 26.4 Å². The molecule has 0 unspecified atom stereocenters. The van der Waals surface area contributed by atoms with Crippen LogP contribution in [0.25, 0.3) is 0 Å². The summed E-state index contributed by atoms with van der Waals surface area (Å²) in [7, 11) is 3.06. The van der Waals surface area contributed by atoms with Gasteiger partial charge in [0.2, 0.25) is 0 Å². The molecule has 2 aromatic rings. The van der Waals surface area contributed by atoms with Crippen LogP contribution in [0.4, 0.5) is 10.1 Å². The fourth-order valence-corrected chi connectivity index (χ4v) is 1.81. The number of ether oxygens (including phenoxy) is 3. The van der Waals surface area contributed by atoms with Gasteiger partial charge in [0.25, 0.3) is 0 Å². The number of hydrogen-bond acceptors (Lipinski definition) is 4. The number of hydrogen-bond donors (Lipinski definition) is 1. The molecule has 0 spiro atoms. The molecule has 0 heterocycles. The van der Waals surface area contributed by atoms with Crippen molar-refractivity contribution in [2.45, 2.75) is 6.92 Å². The predicted octanol–water partition coefficient (Wildman–Crippen LogP) is 3.53. The van der Waals surface area contributed by atoms with Crippen LogP contribution in [-0.4, -0.2) is 14.2 Å². The van der Waals surface area contributed by atoms with Crippen LogP contribution in [0.2, 0.25) is 0 Å². The van der Waals surface area contributed by atoms with E-state index in [0.29, 0.717) is 34.2 Å². The Labute approximate surface area is 116 Å². The lowest BCUT2D eigenvalue weighted by atomic mass is 10.2. The predicted molar refractivity (Wildman–Crippen MR) is 75.2 cm³/mol. The van der Waals surface area contributed by atoms with Gasteiger partial charge in [-0.3, -0.25) is 0 Å². The fraction of sp³-hybridized carbons (Fsp3) is 0.200. The summed E-state index contributed by atoms with van der Waals surface area (Å²) in [6.45, 7) is 1.76. The van der Waals surface area contributed by atoms with E-state index < -0.39 is 0 Å². The maximum absolute atomic E-state index is 13.1. The van der Waals surface area contributed by atoms with Crippen molar-refractivity contribution in [1.29, 1.82) is 0 Å². The Morgan fingerprint density at radius 2 is 1.55 bits per heavy atom. The van der Waals surface area contributed by atoms with Crippen molar-refractivity contribution < 1.29 is 18.6 Å². The number of rotatable bonds is 4. The van der Waals surface area contributed by atoms with Crippen LogP contribution in [0.15, 0.2) is 30.3 Å². The maximum Gasteiger partial charge on any atom is 0.164 e. The summed E-state index contributed by atoms with van der Waals surface area (Å²) in [5.41, 5.74) is 7.00. The first-order chi connectivity index (χ1) is 9.55. The number of aryl methyl sites for hydroxylation is 1. The highest BCUT2D eigenvalue weighted by molar-refractivity contribution is 5.63. The van der Waals surface area contributed by atoms with Crippen molar-refractivity contribution in [3.8, 4) is 23.0 Å². The van der Waals surface area contributed by atoms with E-state index in [1.54, 1.807) is 25.1 Å². The standard InChI is InChI=1S/C15H16FNO3/c1-9-6-10(16)4-5-12(9)20-13-8-15(19-3)14(18-2)7-11(13)17/h4-8H,17H2,1-3H3. The van der Waals surface area contributed by atoms with Gasteiger partial charge in [0, 0.05) is 12.1 Å². The van der Waals surface area contributed by atoms with Crippen molar-refractivity contribution in [3.05, 3.63) is 41.7 Å². The summed E-state index contributed by atoms with van der Waals surface area (Å²) < 4.78 is 29.1. The van der Waals surface area contributed by atoms with E-state index in [4.69, 9.17) is 19.9 Å². The Morgan fingerprint density at radius 3 is 2.15 bits per heavy atom. The summed E-state index contributed by atoms with van der Waals surface area (Å²) in [5.74, 6) is 1.68. The minimum Gasteiger partial charge on any atom is -0.493 e. The van der Waals surface area contributed by atoms with Crippen molar-refractivity contribution in [1.82, 2.24) is 0 Å². The quantitative estimate of drug-likeness (QED) is 0.869. The number of benzene rings is 2.